The number of aryl methyl sites for hydroxylation is 1. The molecule has 0 aliphatic carbocycles. The maximum atomic E-state index is 12.8. The van der Waals surface area contributed by atoms with Crippen LogP contribution in [0, 0.1) is 6.92 Å². The fraction of sp³-hybridized carbons (Fsp3) is 0.269. The molecule has 0 fully saturated rings. The zero-order valence-corrected chi connectivity index (χ0v) is 19.9. The second-order valence-corrected chi connectivity index (χ2v) is 8.36. The molecule has 1 atom stereocenters. The highest BCUT2D eigenvalue weighted by Gasteiger charge is 2.33. The van der Waals surface area contributed by atoms with Crippen molar-refractivity contribution in [3.8, 4) is 28.7 Å². The third-order valence-electron chi connectivity index (χ3n) is 5.94. The predicted molar refractivity (Wildman–Crippen MR) is 131 cm³/mol. The van der Waals surface area contributed by atoms with E-state index in [4.69, 9.17) is 14.6 Å². The summed E-state index contributed by atoms with van der Waals surface area (Å²) in [5.74, 6) is 2.09. The van der Waals surface area contributed by atoms with E-state index in [1.54, 1.807) is 18.0 Å². The minimum absolute atomic E-state index is 0.0968. The molecule has 0 spiro atoms. The van der Waals surface area contributed by atoms with Crippen LogP contribution in [0.1, 0.15) is 42.5 Å². The monoisotopic (exact) mass is 470 g/mol. The van der Waals surface area contributed by atoms with Crippen LogP contribution in [0.15, 0.2) is 54.7 Å². The van der Waals surface area contributed by atoms with E-state index in [0.717, 1.165) is 40.3 Å². The molecular weight excluding hydrogens is 444 g/mol. The Morgan fingerprint density at radius 2 is 1.97 bits per heavy atom. The number of hydrogen-bond donors (Lipinski definition) is 1. The number of carbonyl (C=O) groups is 1. The molecule has 1 aliphatic rings. The standard InChI is InChI=1S/C26H26N6O3/c1-4-11-35-20-10-5-7-17(12-20)21-14-23(33)29-25-24(21)16(2)31-32(25)26-28-22(15-27-30-26)18-8-6-9-19(13-18)34-3/h5-10,12-13,15,21H,4,11,14H2,1-3H3,(H,29,33)/t21-/m0/s1. The number of nitrogens with one attached hydrogen (secondary N) is 1. The van der Waals surface area contributed by atoms with Gasteiger partial charge in [0, 0.05) is 23.5 Å². The molecule has 0 saturated carbocycles. The Balaban J connectivity index is 1.55. The van der Waals surface area contributed by atoms with E-state index >= 15 is 0 Å². The molecular formula is C26H26N6O3. The molecule has 9 nitrogen and oxygen atoms in total. The number of benzene rings is 2. The first kappa shape index (κ1) is 22.5. The molecule has 1 N–H and O–H groups in total. The molecule has 178 valence electrons. The molecule has 5 rings (SSSR count). The number of fused-ring (bicyclic) bond motifs is 1. The summed E-state index contributed by atoms with van der Waals surface area (Å²) >= 11 is 0. The lowest BCUT2D eigenvalue weighted by Gasteiger charge is -2.24. The van der Waals surface area contributed by atoms with E-state index in [1.165, 1.54) is 0 Å². The van der Waals surface area contributed by atoms with Crippen molar-refractivity contribution < 1.29 is 14.3 Å². The van der Waals surface area contributed by atoms with E-state index in [9.17, 15) is 4.79 Å². The smallest absolute Gasteiger partial charge is 0.272 e. The molecule has 3 heterocycles. The van der Waals surface area contributed by atoms with Crippen molar-refractivity contribution in [3.05, 3.63) is 71.5 Å². The first-order chi connectivity index (χ1) is 17.1. The van der Waals surface area contributed by atoms with Crippen LogP contribution >= 0.6 is 0 Å². The minimum atomic E-state index is -0.160. The molecule has 4 aromatic rings. The molecule has 0 radical (unpaired) electrons. The van der Waals surface area contributed by atoms with Crippen LogP contribution in [0.2, 0.25) is 0 Å². The second-order valence-electron chi connectivity index (χ2n) is 8.36. The summed E-state index contributed by atoms with van der Waals surface area (Å²) in [6.07, 6.45) is 2.83. The molecule has 9 heteroatoms. The van der Waals surface area contributed by atoms with Gasteiger partial charge in [-0.2, -0.15) is 14.9 Å². The first-order valence-corrected chi connectivity index (χ1v) is 11.5. The summed E-state index contributed by atoms with van der Waals surface area (Å²) in [6, 6.07) is 15.5. The molecule has 1 aliphatic heterocycles. The quantitative estimate of drug-likeness (QED) is 0.429. The third kappa shape index (κ3) is 4.44. The molecule has 0 saturated heterocycles. The van der Waals surface area contributed by atoms with Gasteiger partial charge < -0.3 is 14.8 Å². The Bertz CT molecular complexity index is 1380. The second kappa shape index (κ2) is 9.54. The van der Waals surface area contributed by atoms with Crippen molar-refractivity contribution in [2.24, 2.45) is 0 Å². The van der Waals surface area contributed by atoms with Gasteiger partial charge in [0.05, 0.1) is 31.3 Å². The summed E-state index contributed by atoms with van der Waals surface area (Å²) in [5.41, 5.74) is 4.19. The Morgan fingerprint density at radius 1 is 1.14 bits per heavy atom. The summed E-state index contributed by atoms with van der Waals surface area (Å²) in [4.78, 5) is 17.4. The van der Waals surface area contributed by atoms with E-state index in [0.29, 0.717) is 24.5 Å². The Hall–Kier alpha value is -4.27. The van der Waals surface area contributed by atoms with Crippen LogP contribution in [0.25, 0.3) is 17.2 Å². The van der Waals surface area contributed by atoms with Gasteiger partial charge in [-0.3, -0.25) is 4.79 Å². The van der Waals surface area contributed by atoms with Crippen LogP contribution < -0.4 is 14.8 Å². The number of nitrogens with zero attached hydrogens (tertiary/aromatic N) is 5. The molecule has 35 heavy (non-hydrogen) atoms. The molecule has 1 amide bonds. The number of anilines is 1. The number of methoxy groups -OCH3 is 1. The van der Waals surface area contributed by atoms with Crippen LogP contribution in [0.4, 0.5) is 5.82 Å². The van der Waals surface area contributed by atoms with Gasteiger partial charge in [0.2, 0.25) is 5.91 Å². The highest BCUT2D eigenvalue weighted by atomic mass is 16.5. The number of ether oxygens (including phenoxy) is 2. The van der Waals surface area contributed by atoms with E-state index in [2.05, 4.69) is 27.4 Å². The maximum absolute atomic E-state index is 12.8. The van der Waals surface area contributed by atoms with Gasteiger partial charge in [-0.15, -0.1) is 5.10 Å². The average Bonchev–Trinajstić information content (AvgIpc) is 3.23. The van der Waals surface area contributed by atoms with Crippen molar-refractivity contribution in [1.82, 2.24) is 25.0 Å². The summed E-state index contributed by atoms with van der Waals surface area (Å²) in [6.45, 7) is 4.64. The largest absolute Gasteiger partial charge is 0.497 e. The summed E-state index contributed by atoms with van der Waals surface area (Å²) < 4.78 is 12.7. The van der Waals surface area contributed by atoms with Crippen LogP contribution in [-0.4, -0.2) is 44.6 Å². The highest BCUT2D eigenvalue weighted by molar-refractivity contribution is 5.95. The van der Waals surface area contributed by atoms with Crippen molar-refractivity contribution in [1.29, 1.82) is 0 Å². The minimum Gasteiger partial charge on any atom is -0.497 e. The fourth-order valence-electron chi connectivity index (χ4n) is 4.32. The lowest BCUT2D eigenvalue weighted by molar-refractivity contribution is -0.116. The lowest BCUT2D eigenvalue weighted by Crippen LogP contribution is -2.25. The number of amides is 1. The Morgan fingerprint density at radius 3 is 2.80 bits per heavy atom. The zero-order valence-electron chi connectivity index (χ0n) is 19.9. The van der Waals surface area contributed by atoms with Crippen LogP contribution in [0.5, 0.6) is 11.5 Å². The zero-order chi connectivity index (χ0) is 24.4. The normalized spacial score (nSPS) is 14.8. The fourth-order valence-corrected chi connectivity index (χ4v) is 4.32. The lowest BCUT2D eigenvalue weighted by atomic mass is 9.86. The molecule has 0 bridgehead atoms. The van der Waals surface area contributed by atoms with Gasteiger partial charge in [0.1, 0.15) is 17.3 Å². The van der Waals surface area contributed by atoms with Gasteiger partial charge in [0.25, 0.3) is 5.95 Å². The van der Waals surface area contributed by atoms with E-state index < -0.39 is 0 Å². The van der Waals surface area contributed by atoms with Crippen LogP contribution in [-0.2, 0) is 4.79 Å². The van der Waals surface area contributed by atoms with Gasteiger partial charge in [-0.25, -0.2) is 4.98 Å². The third-order valence-corrected chi connectivity index (χ3v) is 5.94. The highest BCUT2D eigenvalue weighted by Crippen LogP contribution is 2.40. The number of hydrogen-bond acceptors (Lipinski definition) is 7. The topological polar surface area (TPSA) is 104 Å². The average molecular weight is 471 g/mol. The van der Waals surface area contributed by atoms with Crippen molar-refractivity contribution >= 4 is 11.7 Å². The van der Waals surface area contributed by atoms with E-state index in [1.807, 2.05) is 55.5 Å². The Kier molecular flexibility index (Phi) is 6.13. The molecule has 2 aromatic heterocycles. The SMILES string of the molecule is CCCOc1cccc([C@@H]2CC(=O)Nc3c2c(C)nn3-c2nncc(-c3cccc(OC)c3)n2)c1. The predicted octanol–water partition coefficient (Wildman–Crippen LogP) is 4.30. The van der Waals surface area contributed by atoms with Gasteiger partial charge in [-0.05, 0) is 43.2 Å². The van der Waals surface area contributed by atoms with Gasteiger partial charge in [-0.1, -0.05) is 31.2 Å². The van der Waals surface area contributed by atoms with Gasteiger partial charge >= 0.3 is 0 Å². The van der Waals surface area contributed by atoms with E-state index in [-0.39, 0.29) is 17.8 Å². The molecule has 2 aromatic carbocycles. The van der Waals surface area contributed by atoms with Crippen molar-refractivity contribution in [2.45, 2.75) is 32.6 Å². The van der Waals surface area contributed by atoms with Crippen LogP contribution in [0.3, 0.4) is 0 Å². The van der Waals surface area contributed by atoms with Gasteiger partial charge in [0.15, 0.2) is 0 Å². The van der Waals surface area contributed by atoms with Crippen molar-refractivity contribution in [3.63, 3.8) is 0 Å². The number of aromatic nitrogens is 5. The molecule has 0 unspecified atom stereocenters. The number of rotatable bonds is 7. The summed E-state index contributed by atoms with van der Waals surface area (Å²) in [7, 11) is 1.62. The first-order valence-electron chi connectivity index (χ1n) is 11.5. The maximum Gasteiger partial charge on any atom is 0.272 e. The number of carbonyl (C=O) groups excluding carboxylic acids is 1. The van der Waals surface area contributed by atoms with Crippen molar-refractivity contribution in [2.75, 3.05) is 19.0 Å². The summed E-state index contributed by atoms with van der Waals surface area (Å²) in [5, 5.41) is 16.0. The Labute approximate surface area is 203 Å².